The van der Waals surface area contributed by atoms with Crippen molar-refractivity contribution < 1.29 is 32.2 Å². The predicted octanol–water partition coefficient (Wildman–Crippen LogP) is 0.108. The summed E-state index contributed by atoms with van der Waals surface area (Å²) in [5.74, 6) is -0.275. The van der Waals surface area contributed by atoms with Gasteiger partial charge in [0.25, 0.3) is 0 Å². The average molecular weight is 371 g/mol. The molecular weight excluding hydrogens is 350 g/mol. The number of hydrogen-bond donors (Lipinski definition) is 1. The lowest BCUT2D eigenvalue weighted by Gasteiger charge is -2.26. The van der Waals surface area contributed by atoms with Gasteiger partial charge in [-0.1, -0.05) is 12.1 Å². The fourth-order valence-corrected chi connectivity index (χ4v) is 4.12. The van der Waals surface area contributed by atoms with E-state index in [0.717, 1.165) is 5.56 Å². The van der Waals surface area contributed by atoms with Gasteiger partial charge in [0.05, 0.1) is 44.7 Å². The van der Waals surface area contributed by atoms with Crippen LogP contribution in [0.2, 0.25) is 0 Å². The summed E-state index contributed by atoms with van der Waals surface area (Å²) in [5.41, 5.74) is 0.812. The Labute approximate surface area is 146 Å². The van der Waals surface area contributed by atoms with Gasteiger partial charge >= 0.3 is 0 Å². The fraction of sp³-hybridized carbons (Fsp3) is 0.562. The van der Waals surface area contributed by atoms with Crippen LogP contribution in [-0.2, 0) is 30.7 Å². The summed E-state index contributed by atoms with van der Waals surface area (Å²) < 4.78 is 47.8. The monoisotopic (exact) mass is 371 g/mol. The maximum absolute atomic E-state index is 12.3. The summed E-state index contributed by atoms with van der Waals surface area (Å²) in [5, 5.41) is 0. The van der Waals surface area contributed by atoms with E-state index in [1.54, 1.807) is 19.2 Å². The minimum atomic E-state index is -3.80. The summed E-state index contributed by atoms with van der Waals surface area (Å²) >= 11 is 0. The summed E-state index contributed by atoms with van der Waals surface area (Å²) in [6.45, 7) is 1.10. The van der Waals surface area contributed by atoms with E-state index in [9.17, 15) is 13.2 Å². The van der Waals surface area contributed by atoms with Crippen LogP contribution in [-0.4, -0.2) is 59.7 Å². The molecule has 138 valence electrons. The summed E-state index contributed by atoms with van der Waals surface area (Å²) in [6, 6.07) is 5.41. The second kappa shape index (κ2) is 7.59. The van der Waals surface area contributed by atoms with Gasteiger partial charge < -0.3 is 18.9 Å². The van der Waals surface area contributed by atoms with Crippen LogP contribution >= 0.6 is 0 Å². The molecule has 3 rings (SSSR count). The largest absolute Gasteiger partial charge is 0.493 e. The first-order valence-corrected chi connectivity index (χ1v) is 9.66. The lowest BCUT2D eigenvalue weighted by Crippen LogP contribution is -2.45. The molecule has 1 amide bonds. The molecule has 2 atom stereocenters. The highest BCUT2D eigenvalue weighted by Crippen LogP contribution is 2.36. The minimum absolute atomic E-state index is 0.0950. The van der Waals surface area contributed by atoms with Crippen molar-refractivity contribution in [1.82, 2.24) is 4.72 Å². The molecule has 1 aromatic carbocycles. The predicted molar refractivity (Wildman–Crippen MR) is 88.2 cm³/mol. The summed E-state index contributed by atoms with van der Waals surface area (Å²) in [6.07, 6.45) is -0.177. The van der Waals surface area contributed by atoms with Crippen molar-refractivity contribution in [2.75, 3.05) is 39.3 Å². The molecule has 0 aromatic heterocycles. The van der Waals surface area contributed by atoms with Crippen LogP contribution in [0.5, 0.6) is 11.5 Å². The molecule has 2 unspecified atom stereocenters. The first kappa shape index (κ1) is 18.0. The number of rotatable bonds is 5. The lowest BCUT2D eigenvalue weighted by atomic mass is 9.96. The first-order valence-electron chi connectivity index (χ1n) is 8.01. The average Bonchev–Trinajstić information content (AvgIpc) is 2.60. The van der Waals surface area contributed by atoms with E-state index in [-0.39, 0.29) is 19.0 Å². The van der Waals surface area contributed by atoms with Gasteiger partial charge in [-0.2, -0.15) is 0 Å². The van der Waals surface area contributed by atoms with Gasteiger partial charge in [0.15, 0.2) is 11.5 Å². The van der Waals surface area contributed by atoms with E-state index < -0.39 is 28.0 Å². The van der Waals surface area contributed by atoms with Crippen LogP contribution in [0, 0.1) is 5.92 Å². The van der Waals surface area contributed by atoms with Crippen LogP contribution in [0.3, 0.4) is 0 Å². The number of nitrogens with one attached hydrogen (secondary N) is 1. The number of carbonyl (C=O) groups excluding carboxylic acids is 1. The van der Waals surface area contributed by atoms with Crippen LogP contribution in [0.15, 0.2) is 18.2 Å². The molecule has 1 N–H and O–H groups in total. The molecule has 0 bridgehead atoms. The lowest BCUT2D eigenvalue weighted by molar-refractivity contribution is -0.124. The number of para-hydroxylation sites is 1. The molecule has 2 heterocycles. The Hall–Kier alpha value is -1.84. The van der Waals surface area contributed by atoms with Crippen molar-refractivity contribution in [2.24, 2.45) is 5.92 Å². The van der Waals surface area contributed by atoms with E-state index >= 15 is 0 Å². The molecule has 1 saturated heterocycles. The summed E-state index contributed by atoms with van der Waals surface area (Å²) in [4.78, 5) is 12.3. The number of benzene rings is 1. The van der Waals surface area contributed by atoms with E-state index in [4.69, 9.17) is 18.9 Å². The summed E-state index contributed by atoms with van der Waals surface area (Å²) in [7, 11) is -2.26. The Morgan fingerprint density at radius 1 is 1.32 bits per heavy atom. The zero-order valence-corrected chi connectivity index (χ0v) is 14.7. The first-order chi connectivity index (χ1) is 12.0. The number of ether oxygens (including phenoxy) is 4. The molecule has 0 aliphatic carbocycles. The molecule has 1 fully saturated rings. The number of carbonyl (C=O) groups is 1. The Kier molecular flexibility index (Phi) is 5.45. The second-order valence-electron chi connectivity index (χ2n) is 5.98. The van der Waals surface area contributed by atoms with Crippen molar-refractivity contribution in [2.45, 2.75) is 12.5 Å². The molecular formula is C16H21NO7S. The van der Waals surface area contributed by atoms with Crippen molar-refractivity contribution in [1.29, 1.82) is 0 Å². The highest BCUT2D eigenvalue weighted by atomic mass is 32.2. The third-order valence-electron chi connectivity index (χ3n) is 4.09. The van der Waals surface area contributed by atoms with Gasteiger partial charge in [-0.25, -0.2) is 8.42 Å². The van der Waals surface area contributed by atoms with Gasteiger partial charge in [0.1, 0.15) is 6.61 Å². The number of methoxy groups -OCH3 is 1. The zero-order valence-electron chi connectivity index (χ0n) is 13.9. The number of fused-ring (bicyclic) bond motifs is 1. The highest BCUT2D eigenvalue weighted by molar-refractivity contribution is 7.90. The highest BCUT2D eigenvalue weighted by Gasteiger charge is 2.31. The van der Waals surface area contributed by atoms with Crippen LogP contribution in [0.25, 0.3) is 0 Å². The van der Waals surface area contributed by atoms with Gasteiger partial charge in [0.2, 0.25) is 15.9 Å². The topological polar surface area (TPSA) is 100 Å². The fourth-order valence-electron chi connectivity index (χ4n) is 2.88. The van der Waals surface area contributed by atoms with Gasteiger partial charge in [-0.05, 0) is 18.1 Å². The second-order valence-corrected chi connectivity index (χ2v) is 7.74. The maximum atomic E-state index is 12.3. The SMILES string of the molecule is COc1cccc2c1OCC(C(=O)NS(=O)(=O)CC1COCCO1)C2. The van der Waals surface area contributed by atoms with E-state index in [0.29, 0.717) is 31.1 Å². The molecule has 1 aromatic rings. The smallest absolute Gasteiger partial charge is 0.240 e. The van der Waals surface area contributed by atoms with Crippen LogP contribution in [0.4, 0.5) is 0 Å². The molecule has 0 saturated carbocycles. The Morgan fingerprint density at radius 2 is 2.16 bits per heavy atom. The van der Waals surface area contributed by atoms with Gasteiger partial charge in [-0.15, -0.1) is 0 Å². The molecule has 0 radical (unpaired) electrons. The number of hydrogen-bond acceptors (Lipinski definition) is 7. The van der Waals surface area contributed by atoms with Crippen molar-refractivity contribution in [3.8, 4) is 11.5 Å². The Morgan fingerprint density at radius 3 is 2.88 bits per heavy atom. The van der Waals surface area contributed by atoms with Crippen molar-refractivity contribution in [3.05, 3.63) is 23.8 Å². The van der Waals surface area contributed by atoms with Crippen molar-refractivity contribution in [3.63, 3.8) is 0 Å². The van der Waals surface area contributed by atoms with E-state index in [1.807, 2.05) is 6.07 Å². The molecule has 9 heteroatoms. The molecule has 0 spiro atoms. The maximum Gasteiger partial charge on any atom is 0.240 e. The normalized spacial score (nSPS) is 23.2. The minimum Gasteiger partial charge on any atom is -0.493 e. The molecule has 25 heavy (non-hydrogen) atoms. The molecule has 2 aliphatic rings. The third kappa shape index (κ3) is 4.42. The Balaban J connectivity index is 1.61. The van der Waals surface area contributed by atoms with Crippen LogP contribution < -0.4 is 14.2 Å². The van der Waals surface area contributed by atoms with E-state index in [1.165, 1.54) is 0 Å². The molecule has 2 aliphatic heterocycles. The van der Waals surface area contributed by atoms with E-state index in [2.05, 4.69) is 4.72 Å². The zero-order chi connectivity index (χ0) is 17.9. The van der Waals surface area contributed by atoms with Gasteiger partial charge in [0, 0.05) is 0 Å². The third-order valence-corrected chi connectivity index (χ3v) is 5.42. The standard InChI is InChI=1S/C16H21NO7S/c1-21-14-4-2-3-11-7-12(8-24-15(11)14)16(18)17-25(19,20)10-13-9-22-5-6-23-13/h2-4,12-13H,5-10H2,1H3,(H,17,18). The number of amides is 1. The van der Waals surface area contributed by atoms with Crippen LogP contribution in [0.1, 0.15) is 5.56 Å². The molecule has 8 nitrogen and oxygen atoms in total. The Bertz CT molecular complexity index is 728. The van der Waals surface area contributed by atoms with Crippen molar-refractivity contribution >= 4 is 15.9 Å². The quantitative estimate of drug-likeness (QED) is 0.784. The number of sulfonamides is 1. The van der Waals surface area contributed by atoms with Gasteiger partial charge in [-0.3, -0.25) is 9.52 Å².